The largest absolute Gasteiger partial charge is 0.390 e. The van der Waals surface area contributed by atoms with Crippen LogP contribution in [-0.2, 0) is 6.42 Å². The van der Waals surface area contributed by atoms with Gasteiger partial charge in [0.15, 0.2) is 0 Å². The van der Waals surface area contributed by atoms with Crippen molar-refractivity contribution in [3.8, 4) is 0 Å². The third kappa shape index (κ3) is 3.82. The van der Waals surface area contributed by atoms with Crippen LogP contribution in [0.5, 0.6) is 0 Å². The molecule has 0 aliphatic carbocycles. The molecule has 0 saturated heterocycles. The number of hydrogen-bond acceptors (Lipinski definition) is 3. The molecule has 0 bridgehead atoms. The number of aromatic nitrogens is 4. The van der Waals surface area contributed by atoms with Crippen LogP contribution < -0.4 is 5.69 Å². The monoisotopic (exact) mass is 316 g/mol. The molecule has 3 aromatic rings. The van der Waals surface area contributed by atoms with Gasteiger partial charge in [0.1, 0.15) is 5.82 Å². The van der Waals surface area contributed by atoms with E-state index in [9.17, 15) is 9.90 Å². The van der Waals surface area contributed by atoms with Gasteiger partial charge < -0.3 is 20.1 Å². The van der Waals surface area contributed by atoms with Gasteiger partial charge >= 0.3 is 5.69 Å². The molecule has 2 heterocycles. The molecule has 0 amide bonds. The minimum Gasteiger partial charge on any atom is -0.390 e. The quantitative estimate of drug-likeness (QED) is 0.563. The number of fused-ring (bicyclic) bond motifs is 2. The summed E-state index contributed by atoms with van der Waals surface area (Å²) >= 11 is 0. The molecule has 1 atom stereocenters. The standard InChI is InChI=1S/C17H24N4O2/c1-10(5-4-6-17(2,3)23)7-15-18-11-8-13-14(9-12(11)19-15)21-16(22)20-13/h8-10,23H,4-7H2,1-3H3,(H,18,19)(H2,20,21,22)/t10-/m1/s1. The maximum Gasteiger partial charge on any atom is 0.323 e. The summed E-state index contributed by atoms with van der Waals surface area (Å²) < 4.78 is 0. The number of rotatable bonds is 6. The number of nitrogens with one attached hydrogen (secondary N) is 3. The molecule has 0 radical (unpaired) electrons. The van der Waals surface area contributed by atoms with E-state index in [4.69, 9.17) is 0 Å². The maximum absolute atomic E-state index is 11.3. The van der Waals surface area contributed by atoms with Gasteiger partial charge in [0, 0.05) is 6.42 Å². The van der Waals surface area contributed by atoms with Gasteiger partial charge in [-0.25, -0.2) is 9.78 Å². The molecule has 23 heavy (non-hydrogen) atoms. The Kier molecular flexibility index (Phi) is 4.02. The lowest BCUT2D eigenvalue weighted by Gasteiger charge is -2.18. The van der Waals surface area contributed by atoms with Gasteiger partial charge in [0.2, 0.25) is 0 Å². The summed E-state index contributed by atoms with van der Waals surface area (Å²) in [6.45, 7) is 5.91. The minimum atomic E-state index is -0.586. The number of H-pyrrole nitrogens is 3. The van der Waals surface area contributed by atoms with Crippen LogP contribution in [0, 0.1) is 5.92 Å². The summed E-state index contributed by atoms with van der Waals surface area (Å²) in [4.78, 5) is 24.8. The second-order valence-electron chi connectivity index (χ2n) is 7.19. The van der Waals surface area contributed by atoms with Crippen LogP contribution >= 0.6 is 0 Å². The highest BCUT2D eigenvalue weighted by Crippen LogP contribution is 2.21. The zero-order valence-electron chi connectivity index (χ0n) is 13.9. The van der Waals surface area contributed by atoms with Gasteiger partial charge in [-0.15, -0.1) is 0 Å². The highest BCUT2D eigenvalue weighted by atomic mass is 16.3. The van der Waals surface area contributed by atoms with E-state index in [-0.39, 0.29) is 5.69 Å². The number of benzene rings is 1. The molecular formula is C17H24N4O2. The third-order valence-corrected chi connectivity index (χ3v) is 4.19. The SMILES string of the molecule is C[C@H](CCCC(C)(C)O)Cc1nc2cc3[nH]c(=O)[nH]c3cc2[nH]1. The van der Waals surface area contributed by atoms with Gasteiger partial charge in [-0.05, 0) is 38.3 Å². The van der Waals surface area contributed by atoms with Crippen molar-refractivity contribution >= 4 is 22.1 Å². The lowest BCUT2D eigenvalue weighted by atomic mass is 9.95. The van der Waals surface area contributed by atoms with Crippen molar-refractivity contribution in [3.05, 3.63) is 28.4 Å². The van der Waals surface area contributed by atoms with Crippen molar-refractivity contribution in [2.75, 3.05) is 0 Å². The molecular weight excluding hydrogens is 292 g/mol. The Morgan fingerprint density at radius 1 is 1.17 bits per heavy atom. The molecule has 2 aromatic heterocycles. The van der Waals surface area contributed by atoms with Gasteiger partial charge in [-0.3, -0.25) is 0 Å². The van der Waals surface area contributed by atoms with Crippen LogP contribution in [0.2, 0.25) is 0 Å². The third-order valence-electron chi connectivity index (χ3n) is 4.19. The van der Waals surface area contributed by atoms with Crippen LogP contribution in [0.3, 0.4) is 0 Å². The van der Waals surface area contributed by atoms with E-state index in [1.54, 1.807) is 0 Å². The Labute approximate surface area is 134 Å². The van der Waals surface area contributed by atoms with Crippen LogP contribution in [0.1, 0.15) is 45.9 Å². The molecule has 6 nitrogen and oxygen atoms in total. The van der Waals surface area contributed by atoms with Crippen LogP contribution in [0.25, 0.3) is 22.1 Å². The molecule has 6 heteroatoms. The zero-order chi connectivity index (χ0) is 16.6. The van der Waals surface area contributed by atoms with E-state index in [0.717, 1.165) is 53.6 Å². The Hall–Kier alpha value is -2.08. The number of hydrogen-bond donors (Lipinski definition) is 4. The fraction of sp³-hybridized carbons (Fsp3) is 0.529. The summed E-state index contributed by atoms with van der Waals surface area (Å²) in [7, 11) is 0. The Balaban J connectivity index is 1.69. The summed E-state index contributed by atoms with van der Waals surface area (Å²) in [5.74, 6) is 1.47. The van der Waals surface area contributed by atoms with Gasteiger partial charge in [-0.1, -0.05) is 19.8 Å². The van der Waals surface area contributed by atoms with Gasteiger partial charge in [0.25, 0.3) is 0 Å². The number of imidazole rings is 2. The first-order chi connectivity index (χ1) is 10.8. The normalized spacial score (nSPS) is 13.9. The molecule has 0 aliphatic heterocycles. The first-order valence-corrected chi connectivity index (χ1v) is 8.13. The van der Waals surface area contributed by atoms with Crippen molar-refractivity contribution in [1.82, 2.24) is 19.9 Å². The first kappa shape index (κ1) is 15.8. The van der Waals surface area contributed by atoms with E-state index < -0.39 is 5.60 Å². The molecule has 0 aliphatic rings. The van der Waals surface area contributed by atoms with Crippen molar-refractivity contribution in [2.24, 2.45) is 5.92 Å². The van der Waals surface area contributed by atoms with Crippen molar-refractivity contribution < 1.29 is 5.11 Å². The topological polar surface area (TPSA) is 97.6 Å². The summed E-state index contributed by atoms with van der Waals surface area (Å²) in [6, 6.07) is 3.81. The Morgan fingerprint density at radius 3 is 2.57 bits per heavy atom. The second-order valence-corrected chi connectivity index (χ2v) is 7.19. The summed E-state index contributed by atoms with van der Waals surface area (Å²) in [5.41, 5.74) is 2.58. The molecule has 0 spiro atoms. The molecule has 0 saturated carbocycles. The second kappa shape index (κ2) is 5.85. The van der Waals surface area contributed by atoms with Crippen LogP contribution in [0.4, 0.5) is 0 Å². The molecule has 4 N–H and O–H groups in total. The zero-order valence-corrected chi connectivity index (χ0v) is 13.9. The van der Waals surface area contributed by atoms with Crippen LogP contribution in [0.15, 0.2) is 16.9 Å². The predicted molar refractivity (Wildman–Crippen MR) is 91.6 cm³/mol. The van der Waals surface area contributed by atoms with Crippen LogP contribution in [-0.4, -0.2) is 30.6 Å². The van der Waals surface area contributed by atoms with Crippen molar-refractivity contribution in [1.29, 1.82) is 0 Å². The smallest absolute Gasteiger partial charge is 0.323 e. The average Bonchev–Trinajstić information content (AvgIpc) is 2.94. The first-order valence-electron chi connectivity index (χ1n) is 8.13. The van der Waals surface area contributed by atoms with E-state index in [1.165, 1.54) is 0 Å². The fourth-order valence-electron chi connectivity index (χ4n) is 3.00. The molecule has 3 rings (SSSR count). The van der Waals surface area contributed by atoms with Crippen molar-refractivity contribution in [2.45, 2.75) is 52.1 Å². The minimum absolute atomic E-state index is 0.201. The molecule has 0 unspecified atom stereocenters. The van der Waals surface area contributed by atoms with Gasteiger partial charge in [-0.2, -0.15) is 0 Å². The Morgan fingerprint density at radius 2 is 1.87 bits per heavy atom. The summed E-state index contributed by atoms with van der Waals surface area (Å²) in [5, 5.41) is 9.76. The number of nitrogens with zero attached hydrogens (tertiary/aromatic N) is 1. The van der Waals surface area contributed by atoms with E-state index in [0.29, 0.717) is 5.92 Å². The Bertz CT molecular complexity index is 812. The molecule has 0 fully saturated rings. The number of aromatic amines is 3. The van der Waals surface area contributed by atoms with E-state index >= 15 is 0 Å². The van der Waals surface area contributed by atoms with Gasteiger partial charge in [0.05, 0.1) is 27.7 Å². The molecule has 1 aromatic carbocycles. The lowest BCUT2D eigenvalue weighted by Crippen LogP contribution is -2.18. The van der Waals surface area contributed by atoms with Crippen molar-refractivity contribution in [3.63, 3.8) is 0 Å². The number of aliphatic hydroxyl groups is 1. The maximum atomic E-state index is 11.3. The highest BCUT2D eigenvalue weighted by molar-refractivity contribution is 5.91. The highest BCUT2D eigenvalue weighted by Gasteiger charge is 2.14. The van der Waals surface area contributed by atoms with E-state index in [2.05, 4.69) is 26.9 Å². The predicted octanol–water partition coefficient (Wildman–Crippen LogP) is 2.85. The summed E-state index contributed by atoms with van der Waals surface area (Å²) in [6.07, 6.45) is 3.77. The average molecular weight is 316 g/mol. The van der Waals surface area contributed by atoms with E-state index in [1.807, 2.05) is 26.0 Å². The fourth-order valence-corrected chi connectivity index (χ4v) is 3.00. The lowest BCUT2D eigenvalue weighted by molar-refractivity contribution is 0.0670. The molecule has 124 valence electrons.